The molecule has 0 amide bonds. The Bertz CT molecular complexity index is 953. The molecule has 0 radical (unpaired) electrons. The summed E-state index contributed by atoms with van der Waals surface area (Å²) in [6.07, 6.45) is 1.49. The van der Waals surface area contributed by atoms with Crippen LogP contribution in [0, 0.1) is 0 Å². The summed E-state index contributed by atoms with van der Waals surface area (Å²) < 4.78 is 17.8. The van der Waals surface area contributed by atoms with Gasteiger partial charge in [-0.3, -0.25) is 0 Å². The van der Waals surface area contributed by atoms with Crippen LogP contribution in [-0.4, -0.2) is 17.9 Å². The van der Waals surface area contributed by atoms with Crippen LogP contribution in [0.4, 0.5) is 0 Å². The van der Waals surface area contributed by atoms with Crippen LogP contribution in [0.5, 0.6) is 0 Å². The molecule has 2 unspecified atom stereocenters. The van der Waals surface area contributed by atoms with Crippen molar-refractivity contribution in [1.29, 1.82) is 0 Å². The van der Waals surface area contributed by atoms with E-state index in [0.29, 0.717) is 27.8 Å². The Labute approximate surface area is 180 Å². The number of cyclic esters (lactones) is 1. The fourth-order valence-electron chi connectivity index (χ4n) is 3.75. The summed E-state index contributed by atoms with van der Waals surface area (Å²) in [4.78, 5) is 12.8. The molecule has 4 rings (SSSR count). The van der Waals surface area contributed by atoms with E-state index in [2.05, 4.69) is 12.1 Å². The Morgan fingerprint density at radius 1 is 1.03 bits per heavy atom. The van der Waals surface area contributed by atoms with Crippen molar-refractivity contribution in [1.82, 2.24) is 0 Å². The molecule has 0 saturated heterocycles. The summed E-state index contributed by atoms with van der Waals surface area (Å²) in [7, 11) is 0. The smallest absolute Gasteiger partial charge is 0.343 e. The first-order valence-corrected chi connectivity index (χ1v) is 10.4. The second-order valence-corrected chi connectivity index (χ2v) is 8.58. The largest absolute Gasteiger partial charge is 0.456 e. The van der Waals surface area contributed by atoms with Crippen molar-refractivity contribution in [2.45, 2.75) is 51.1 Å². The quantitative estimate of drug-likeness (QED) is 0.553. The molecule has 0 fully saturated rings. The Kier molecular flexibility index (Phi) is 5.60. The predicted molar refractivity (Wildman–Crippen MR) is 112 cm³/mol. The molecule has 0 saturated carbocycles. The Morgan fingerprint density at radius 2 is 1.79 bits per heavy atom. The molecule has 2 aromatic rings. The molecule has 2 aliphatic heterocycles. The van der Waals surface area contributed by atoms with Crippen LogP contribution in [0.2, 0.25) is 10.0 Å². The fraction of sp³-hybridized carbons (Fsp3) is 0.348. The average molecular weight is 433 g/mol. The lowest BCUT2D eigenvalue weighted by Crippen LogP contribution is -2.42. The highest BCUT2D eigenvalue weighted by atomic mass is 35.5. The molecular formula is C23H22Cl2O4. The molecule has 29 heavy (non-hydrogen) atoms. The lowest BCUT2D eigenvalue weighted by molar-refractivity contribution is -0.217. The molecule has 0 N–H and O–H groups in total. The standard InChI is InChI=1S/C23H22Cl2O4/c1-23(2)28-19-13-16(10-8-14-6-4-3-5-7-14)27-21(20(19)22(26)29-23)15-9-11-17(24)18(25)12-15/h3-7,9,11-12,16,21H,8,10,13H2,1-2H3. The van der Waals surface area contributed by atoms with E-state index in [1.54, 1.807) is 26.0 Å². The summed E-state index contributed by atoms with van der Waals surface area (Å²) in [5, 5.41) is 0.858. The molecule has 0 spiro atoms. The van der Waals surface area contributed by atoms with Gasteiger partial charge in [-0.2, -0.15) is 0 Å². The van der Waals surface area contributed by atoms with Gasteiger partial charge in [-0.15, -0.1) is 0 Å². The summed E-state index contributed by atoms with van der Waals surface area (Å²) >= 11 is 12.3. The Hall–Kier alpha value is -2.01. The molecular weight excluding hydrogens is 411 g/mol. The lowest BCUT2D eigenvalue weighted by Gasteiger charge is -2.40. The molecule has 4 nitrogen and oxygen atoms in total. The van der Waals surface area contributed by atoms with E-state index in [0.717, 1.165) is 18.4 Å². The molecule has 6 heteroatoms. The normalized spacial score (nSPS) is 23.2. The van der Waals surface area contributed by atoms with E-state index < -0.39 is 17.9 Å². The number of hydrogen-bond acceptors (Lipinski definition) is 4. The molecule has 2 aromatic carbocycles. The highest BCUT2D eigenvalue weighted by molar-refractivity contribution is 6.42. The van der Waals surface area contributed by atoms with E-state index in [4.69, 9.17) is 37.4 Å². The van der Waals surface area contributed by atoms with Gasteiger partial charge >= 0.3 is 5.97 Å². The van der Waals surface area contributed by atoms with Crippen LogP contribution in [0.15, 0.2) is 59.9 Å². The first-order valence-electron chi connectivity index (χ1n) is 9.62. The summed E-state index contributed by atoms with van der Waals surface area (Å²) in [5.74, 6) is -0.792. The summed E-state index contributed by atoms with van der Waals surface area (Å²) in [6, 6.07) is 15.5. The topological polar surface area (TPSA) is 44.8 Å². The third kappa shape index (κ3) is 4.45. The first-order chi connectivity index (χ1) is 13.8. The maximum Gasteiger partial charge on any atom is 0.343 e. The number of carbonyl (C=O) groups is 1. The van der Waals surface area contributed by atoms with Crippen LogP contribution in [0.1, 0.15) is 43.9 Å². The van der Waals surface area contributed by atoms with E-state index >= 15 is 0 Å². The van der Waals surface area contributed by atoms with E-state index in [1.165, 1.54) is 5.56 Å². The number of benzene rings is 2. The summed E-state index contributed by atoms with van der Waals surface area (Å²) in [6.45, 7) is 3.47. The molecule has 0 bridgehead atoms. The third-order valence-electron chi connectivity index (χ3n) is 5.08. The number of rotatable bonds is 4. The number of aryl methyl sites for hydroxylation is 1. The third-order valence-corrected chi connectivity index (χ3v) is 5.81. The van der Waals surface area contributed by atoms with Crippen molar-refractivity contribution in [2.24, 2.45) is 0 Å². The predicted octanol–water partition coefficient (Wildman–Crippen LogP) is 6.02. The van der Waals surface area contributed by atoms with Crippen LogP contribution >= 0.6 is 23.2 Å². The fourth-order valence-corrected chi connectivity index (χ4v) is 4.05. The first kappa shape index (κ1) is 20.3. The summed E-state index contributed by atoms with van der Waals surface area (Å²) in [5.41, 5.74) is 2.39. The monoisotopic (exact) mass is 432 g/mol. The highest BCUT2D eigenvalue weighted by Gasteiger charge is 2.44. The Balaban J connectivity index is 1.65. The maximum atomic E-state index is 12.8. The Morgan fingerprint density at radius 3 is 2.52 bits per heavy atom. The zero-order valence-corrected chi connectivity index (χ0v) is 17.8. The van der Waals surface area contributed by atoms with Gasteiger partial charge in [0.05, 0.1) is 16.1 Å². The van der Waals surface area contributed by atoms with Gasteiger partial charge in [0.15, 0.2) is 0 Å². The number of esters is 1. The van der Waals surface area contributed by atoms with Crippen molar-refractivity contribution in [3.05, 3.63) is 81.0 Å². The lowest BCUT2D eigenvalue weighted by atomic mass is 9.92. The minimum atomic E-state index is -1.00. The molecule has 2 atom stereocenters. The van der Waals surface area contributed by atoms with Gasteiger partial charge in [0.25, 0.3) is 0 Å². The average Bonchev–Trinajstić information content (AvgIpc) is 2.67. The van der Waals surface area contributed by atoms with Gasteiger partial charge in [-0.25, -0.2) is 4.79 Å². The van der Waals surface area contributed by atoms with Gasteiger partial charge in [-0.05, 0) is 36.1 Å². The number of halogens is 2. The van der Waals surface area contributed by atoms with Gasteiger partial charge in [0.1, 0.15) is 17.4 Å². The molecule has 0 aromatic heterocycles. The zero-order chi connectivity index (χ0) is 20.6. The van der Waals surface area contributed by atoms with Crippen molar-refractivity contribution in [3.63, 3.8) is 0 Å². The van der Waals surface area contributed by atoms with E-state index in [1.807, 2.05) is 24.3 Å². The minimum absolute atomic E-state index is 0.102. The van der Waals surface area contributed by atoms with Gasteiger partial charge in [-0.1, -0.05) is 59.6 Å². The van der Waals surface area contributed by atoms with Crippen molar-refractivity contribution in [2.75, 3.05) is 0 Å². The van der Waals surface area contributed by atoms with Crippen LogP contribution < -0.4 is 0 Å². The molecule has 2 aliphatic rings. The van der Waals surface area contributed by atoms with E-state index in [9.17, 15) is 4.79 Å². The minimum Gasteiger partial charge on any atom is -0.456 e. The van der Waals surface area contributed by atoms with Crippen LogP contribution in [0.25, 0.3) is 0 Å². The highest BCUT2D eigenvalue weighted by Crippen LogP contribution is 2.44. The van der Waals surface area contributed by atoms with Crippen molar-refractivity contribution < 1.29 is 19.0 Å². The van der Waals surface area contributed by atoms with Gasteiger partial charge in [0.2, 0.25) is 5.79 Å². The van der Waals surface area contributed by atoms with E-state index in [-0.39, 0.29) is 6.10 Å². The zero-order valence-electron chi connectivity index (χ0n) is 16.3. The number of carbonyl (C=O) groups excluding carboxylic acids is 1. The second-order valence-electron chi connectivity index (χ2n) is 7.77. The van der Waals surface area contributed by atoms with Gasteiger partial charge < -0.3 is 14.2 Å². The SMILES string of the molecule is CC1(C)OC(=O)C2=C(CC(CCc3ccccc3)OC2c2ccc(Cl)c(Cl)c2)O1. The van der Waals surface area contributed by atoms with Crippen LogP contribution in [-0.2, 0) is 25.4 Å². The molecule has 0 aliphatic carbocycles. The molecule has 2 heterocycles. The van der Waals surface area contributed by atoms with Crippen molar-refractivity contribution >= 4 is 29.2 Å². The number of hydrogen-bond donors (Lipinski definition) is 0. The van der Waals surface area contributed by atoms with Gasteiger partial charge in [0, 0.05) is 20.3 Å². The van der Waals surface area contributed by atoms with Crippen LogP contribution in [0.3, 0.4) is 0 Å². The maximum absolute atomic E-state index is 12.8. The van der Waals surface area contributed by atoms with Crippen molar-refractivity contribution in [3.8, 4) is 0 Å². The number of ether oxygens (including phenoxy) is 3. The second kappa shape index (κ2) is 8.02. The molecule has 152 valence electrons.